The molecule has 3 N–H and O–H groups in total. The van der Waals surface area contributed by atoms with Gasteiger partial charge >= 0.3 is 0 Å². The molecule has 0 unspecified atom stereocenters. The lowest BCUT2D eigenvalue weighted by Crippen LogP contribution is -2.27. The Bertz CT molecular complexity index is 847. The first-order chi connectivity index (χ1) is 11.3. The van der Waals surface area contributed by atoms with Crippen LogP contribution in [0.1, 0.15) is 21.5 Å². The molecular formula is C17H20N2O4S. The molecule has 0 aliphatic rings. The predicted molar refractivity (Wildman–Crippen MR) is 92.6 cm³/mol. The molecule has 0 atom stereocenters. The second kappa shape index (κ2) is 7.46. The van der Waals surface area contributed by atoms with Gasteiger partial charge in [0.05, 0.1) is 22.8 Å². The Morgan fingerprint density at radius 2 is 1.83 bits per heavy atom. The van der Waals surface area contributed by atoms with Crippen molar-refractivity contribution in [3.05, 3.63) is 59.2 Å². The molecule has 0 spiro atoms. The zero-order chi connectivity index (χ0) is 17.7. The first-order valence-corrected chi connectivity index (χ1v) is 8.91. The number of aliphatic hydroxyl groups is 1. The third kappa shape index (κ3) is 4.12. The second-order valence-corrected chi connectivity index (χ2v) is 7.05. The van der Waals surface area contributed by atoms with E-state index in [1.165, 1.54) is 12.1 Å². The maximum Gasteiger partial charge on any atom is 0.262 e. The van der Waals surface area contributed by atoms with Crippen molar-refractivity contribution in [3.8, 4) is 0 Å². The zero-order valence-electron chi connectivity index (χ0n) is 13.5. The summed E-state index contributed by atoms with van der Waals surface area (Å²) in [4.78, 5) is 12.3. The molecule has 24 heavy (non-hydrogen) atoms. The number of anilines is 1. The fourth-order valence-corrected chi connectivity index (χ4v) is 3.64. The van der Waals surface area contributed by atoms with Crippen LogP contribution in [0, 0.1) is 13.8 Å². The lowest BCUT2D eigenvalue weighted by molar-refractivity contribution is 0.0945. The molecule has 2 aromatic rings. The van der Waals surface area contributed by atoms with Crippen molar-refractivity contribution in [2.75, 3.05) is 17.9 Å². The van der Waals surface area contributed by atoms with Crippen molar-refractivity contribution >= 4 is 21.6 Å². The molecule has 0 saturated heterocycles. The SMILES string of the molecule is Cc1ccc(S(=O)(=O)Nc2ccccc2C(=O)NCCO)c(C)c1. The number of rotatable bonds is 6. The van der Waals surface area contributed by atoms with Gasteiger partial charge in [-0.1, -0.05) is 29.8 Å². The van der Waals surface area contributed by atoms with Gasteiger partial charge in [0.1, 0.15) is 0 Å². The maximum absolute atomic E-state index is 12.6. The van der Waals surface area contributed by atoms with Crippen LogP contribution in [-0.2, 0) is 10.0 Å². The Kier molecular flexibility index (Phi) is 5.58. The van der Waals surface area contributed by atoms with Crippen LogP contribution >= 0.6 is 0 Å². The van der Waals surface area contributed by atoms with Crippen molar-refractivity contribution in [3.63, 3.8) is 0 Å². The highest BCUT2D eigenvalue weighted by Crippen LogP contribution is 2.22. The van der Waals surface area contributed by atoms with Gasteiger partial charge in [0.2, 0.25) is 0 Å². The van der Waals surface area contributed by atoms with Crippen LogP contribution in [0.4, 0.5) is 5.69 Å². The minimum atomic E-state index is -3.82. The molecule has 0 bridgehead atoms. The number of carbonyl (C=O) groups is 1. The monoisotopic (exact) mass is 348 g/mol. The number of hydrogen-bond donors (Lipinski definition) is 3. The van der Waals surface area contributed by atoms with Crippen molar-refractivity contribution in [2.24, 2.45) is 0 Å². The lowest BCUT2D eigenvalue weighted by Gasteiger charge is -2.14. The maximum atomic E-state index is 12.6. The molecule has 0 heterocycles. The molecule has 0 aromatic heterocycles. The summed E-state index contributed by atoms with van der Waals surface area (Å²) < 4.78 is 27.7. The van der Waals surface area contributed by atoms with Gasteiger partial charge in [-0.05, 0) is 37.6 Å². The third-order valence-corrected chi connectivity index (χ3v) is 4.96. The molecular weight excluding hydrogens is 328 g/mol. The van der Waals surface area contributed by atoms with Crippen LogP contribution in [-0.4, -0.2) is 32.6 Å². The molecule has 1 amide bonds. The molecule has 0 aliphatic heterocycles. The summed E-state index contributed by atoms with van der Waals surface area (Å²) in [6, 6.07) is 11.4. The Morgan fingerprint density at radius 3 is 2.50 bits per heavy atom. The summed E-state index contributed by atoms with van der Waals surface area (Å²) in [5, 5.41) is 11.3. The molecule has 0 saturated carbocycles. The molecule has 128 valence electrons. The number of aryl methyl sites for hydroxylation is 2. The first-order valence-electron chi connectivity index (χ1n) is 7.43. The average Bonchev–Trinajstić information content (AvgIpc) is 2.52. The van der Waals surface area contributed by atoms with E-state index in [4.69, 9.17) is 5.11 Å². The summed E-state index contributed by atoms with van der Waals surface area (Å²) in [5.74, 6) is -0.456. The normalized spacial score (nSPS) is 11.1. The number of aliphatic hydroxyl groups excluding tert-OH is 1. The Morgan fingerprint density at radius 1 is 1.12 bits per heavy atom. The van der Waals surface area contributed by atoms with E-state index in [0.29, 0.717) is 5.56 Å². The molecule has 2 rings (SSSR count). The smallest absolute Gasteiger partial charge is 0.262 e. The quantitative estimate of drug-likeness (QED) is 0.742. The minimum absolute atomic E-state index is 0.0942. The summed E-state index contributed by atoms with van der Waals surface area (Å²) in [6.07, 6.45) is 0. The summed E-state index contributed by atoms with van der Waals surface area (Å²) in [6.45, 7) is 3.51. The largest absolute Gasteiger partial charge is 0.395 e. The topological polar surface area (TPSA) is 95.5 Å². The number of nitrogens with one attached hydrogen (secondary N) is 2. The van der Waals surface area contributed by atoms with E-state index in [1.54, 1.807) is 37.3 Å². The van der Waals surface area contributed by atoms with Crippen molar-refractivity contribution in [2.45, 2.75) is 18.7 Å². The van der Waals surface area contributed by atoms with E-state index >= 15 is 0 Å². The molecule has 2 aromatic carbocycles. The van der Waals surface area contributed by atoms with Crippen LogP contribution in [0.15, 0.2) is 47.4 Å². The highest BCUT2D eigenvalue weighted by Gasteiger charge is 2.20. The molecule has 6 nitrogen and oxygen atoms in total. The van der Waals surface area contributed by atoms with Gasteiger partial charge in [-0.25, -0.2) is 8.42 Å². The van der Waals surface area contributed by atoms with Crippen LogP contribution in [0.3, 0.4) is 0 Å². The Labute approximate surface area is 141 Å². The fourth-order valence-electron chi connectivity index (χ4n) is 2.34. The average molecular weight is 348 g/mol. The molecule has 0 aliphatic carbocycles. The first kappa shape index (κ1) is 18.0. The Hall–Kier alpha value is -2.38. The number of para-hydroxylation sites is 1. The second-order valence-electron chi connectivity index (χ2n) is 5.40. The summed E-state index contributed by atoms with van der Waals surface area (Å²) in [7, 11) is -3.82. The van der Waals surface area contributed by atoms with Gasteiger partial charge in [-0.2, -0.15) is 0 Å². The van der Waals surface area contributed by atoms with Crippen LogP contribution in [0.25, 0.3) is 0 Å². The lowest BCUT2D eigenvalue weighted by atomic mass is 10.1. The molecule has 7 heteroatoms. The fraction of sp³-hybridized carbons (Fsp3) is 0.235. The van der Waals surface area contributed by atoms with Gasteiger partial charge in [-0.3, -0.25) is 9.52 Å². The van der Waals surface area contributed by atoms with E-state index in [1.807, 2.05) is 6.92 Å². The van der Waals surface area contributed by atoms with Gasteiger partial charge in [0.25, 0.3) is 15.9 Å². The standard InChI is InChI=1S/C17H20N2O4S/c1-12-7-8-16(13(2)11-12)24(22,23)19-15-6-4-3-5-14(15)17(21)18-9-10-20/h3-8,11,19-20H,9-10H2,1-2H3,(H,18,21). The minimum Gasteiger partial charge on any atom is -0.395 e. The molecule has 0 fully saturated rings. The van der Waals surface area contributed by atoms with Crippen LogP contribution in [0.5, 0.6) is 0 Å². The number of amides is 1. The van der Waals surface area contributed by atoms with Crippen LogP contribution in [0.2, 0.25) is 0 Å². The zero-order valence-corrected chi connectivity index (χ0v) is 14.4. The van der Waals surface area contributed by atoms with Gasteiger partial charge < -0.3 is 10.4 Å². The highest BCUT2D eigenvalue weighted by atomic mass is 32.2. The number of benzene rings is 2. The van der Waals surface area contributed by atoms with Crippen molar-refractivity contribution in [1.29, 1.82) is 0 Å². The summed E-state index contributed by atoms with van der Waals surface area (Å²) in [5.41, 5.74) is 1.98. The number of carbonyl (C=O) groups excluding carboxylic acids is 1. The van der Waals surface area contributed by atoms with Crippen molar-refractivity contribution < 1.29 is 18.3 Å². The predicted octanol–water partition coefficient (Wildman–Crippen LogP) is 1.83. The number of sulfonamides is 1. The molecule has 0 radical (unpaired) electrons. The van der Waals surface area contributed by atoms with E-state index in [9.17, 15) is 13.2 Å². The van der Waals surface area contributed by atoms with E-state index in [2.05, 4.69) is 10.0 Å². The third-order valence-electron chi connectivity index (χ3n) is 3.43. The van der Waals surface area contributed by atoms with E-state index < -0.39 is 15.9 Å². The highest BCUT2D eigenvalue weighted by molar-refractivity contribution is 7.92. The summed E-state index contributed by atoms with van der Waals surface area (Å²) >= 11 is 0. The van der Waals surface area contributed by atoms with Gasteiger partial charge in [-0.15, -0.1) is 0 Å². The van der Waals surface area contributed by atoms with Gasteiger partial charge in [0.15, 0.2) is 0 Å². The number of hydrogen-bond acceptors (Lipinski definition) is 4. The van der Waals surface area contributed by atoms with E-state index in [-0.39, 0.29) is 29.3 Å². The van der Waals surface area contributed by atoms with Crippen molar-refractivity contribution in [1.82, 2.24) is 5.32 Å². The Balaban J connectivity index is 2.35. The van der Waals surface area contributed by atoms with Gasteiger partial charge in [0, 0.05) is 6.54 Å². The van der Waals surface area contributed by atoms with Crippen LogP contribution < -0.4 is 10.0 Å². The van der Waals surface area contributed by atoms with E-state index in [0.717, 1.165) is 5.56 Å².